The molecule has 1 aromatic rings. The largest absolute Gasteiger partial charge is 0.365 e. The molecule has 0 amide bonds. The number of aromatic nitrogens is 2. The molecule has 19 heavy (non-hydrogen) atoms. The van der Waals surface area contributed by atoms with Crippen LogP contribution in [0.4, 0.5) is 11.6 Å². The molecule has 2 rings (SSSR count). The first-order chi connectivity index (χ1) is 9.03. The van der Waals surface area contributed by atoms with Crippen LogP contribution >= 0.6 is 0 Å². The Morgan fingerprint density at radius 1 is 1.21 bits per heavy atom. The highest BCUT2D eigenvalue weighted by Crippen LogP contribution is 2.39. The average molecular weight is 263 g/mol. The van der Waals surface area contributed by atoms with Crippen LogP contribution in [-0.2, 0) is 0 Å². The molecule has 1 aliphatic rings. The van der Waals surface area contributed by atoms with Crippen LogP contribution < -0.4 is 16.6 Å². The number of nitrogen functional groups attached to an aromatic ring is 1. The smallest absolute Gasteiger partial charge is 0.148 e. The molecule has 1 fully saturated rings. The lowest BCUT2D eigenvalue weighted by Crippen LogP contribution is -2.34. The standard InChI is InChI=1S/C14H25N5/c1-5-14(4,6-2)18-11-9(3)12(19-15)17-13(16-11)10-7-8-10/h10H,5-8,15H2,1-4H3,(H2,16,17,18,19). The summed E-state index contributed by atoms with van der Waals surface area (Å²) in [5.41, 5.74) is 3.74. The van der Waals surface area contributed by atoms with Gasteiger partial charge in [-0.05, 0) is 39.5 Å². The molecule has 1 aliphatic carbocycles. The van der Waals surface area contributed by atoms with Crippen molar-refractivity contribution in [1.29, 1.82) is 0 Å². The molecule has 0 bridgehead atoms. The molecule has 0 unspecified atom stereocenters. The highest BCUT2D eigenvalue weighted by Gasteiger charge is 2.29. The van der Waals surface area contributed by atoms with E-state index in [1.54, 1.807) is 0 Å². The maximum atomic E-state index is 5.57. The first kappa shape index (κ1) is 14.1. The van der Waals surface area contributed by atoms with Gasteiger partial charge in [0.15, 0.2) is 0 Å². The van der Waals surface area contributed by atoms with Gasteiger partial charge in [-0.3, -0.25) is 0 Å². The molecule has 1 saturated carbocycles. The Labute approximate surface area is 115 Å². The fourth-order valence-corrected chi connectivity index (χ4v) is 2.03. The van der Waals surface area contributed by atoms with Crippen LogP contribution in [0.25, 0.3) is 0 Å². The fourth-order valence-electron chi connectivity index (χ4n) is 2.03. The molecule has 106 valence electrons. The molecular weight excluding hydrogens is 238 g/mol. The topological polar surface area (TPSA) is 75.9 Å². The lowest BCUT2D eigenvalue weighted by Gasteiger charge is -2.30. The second-order valence-corrected chi connectivity index (χ2v) is 5.72. The number of nitrogens with zero attached hydrogens (tertiary/aromatic N) is 2. The zero-order valence-corrected chi connectivity index (χ0v) is 12.4. The summed E-state index contributed by atoms with van der Waals surface area (Å²) in [6, 6.07) is 0. The summed E-state index contributed by atoms with van der Waals surface area (Å²) in [6.45, 7) is 8.61. The van der Waals surface area contributed by atoms with Gasteiger partial charge in [0.1, 0.15) is 17.5 Å². The lowest BCUT2D eigenvalue weighted by atomic mass is 9.95. The van der Waals surface area contributed by atoms with Gasteiger partial charge in [0.2, 0.25) is 0 Å². The third-order valence-corrected chi connectivity index (χ3v) is 4.22. The molecular formula is C14H25N5. The molecule has 4 N–H and O–H groups in total. The first-order valence-electron chi connectivity index (χ1n) is 7.16. The summed E-state index contributed by atoms with van der Waals surface area (Å²) in [4.78, 5) is 9.21. The van der Waals surface area contributed by atoms with Gasteiger partial charge in [-0.1, -0.05) is 13.8 Å². The molecule has 0 radical (unpaired) electrons. The number of hydrogen-bond acceptors (Lipinski definition) is 5. The molecule has 1 heterocycles. The molecule has 0 spiro atoms. The van der Waals surface area contributed by atoms with Gasteiger partial charge >= 0.3 is 0 Å². The number of nitrogens with two attached hydrogens (primary N) is 1. The van der Waals surface area contributed by atoms with Gasteiger partial charge < -0.3 is 10.7 Å². The fraction of sp³-hybridized carbons (Fsp3) is 0.714. The van der Waals surface area contributed by atoms with E-state index in [4.69, 9.17) is 10.8 Å². The summed E-state index contributed by atoms with van der Waals surface area (Å²) in [7, 11) is 0. The van der Waals surface area contributed by atoms with Crippen molar-refractivity contribution in [3.8, 4) is 0 Å². The lowest BCUT2D eigenvalue weighted by molar-refractivity contribution is 0.476. The third kappa shape index (κ3) is 2.97. The van der Waals surface area contributed by atoms with Crippen LogP contribution in [0.1, 0.15) is 63.8 Å². The predicted octanol–water partition coefficient (Wildman–Crippen LogP) is 2.94. The van der Waals surface area contributed by atoms with Crippen molar-refractivity contribution in [3.05, 3.63) is 11.4 Å². The number of anilines is 2. The monoisotopic (exact) mass is 263 g/mol. The number of hydrogen-bond donors (Lipinski definition) is 3. The minimum atomic E-state index is 0.0613. The van der Waals surface area contributed by atoms with Crippen molar-refractivity contribution >= 4 is 11.6 Å². The van der Waals surface area contributed by atoms with Crippen LogP contribution in [0.2, 0.25) is 0 Å². The van der Waals surface area contributed by atoms with Gasteiger partial charge in [0.25, 0.3) is 0 Å². The molecule has 1 aromatic heterocycles. The Kier molecular flexibility index (Phi) is 3.94. The Balaban J connectivity index is 2.35. The number of rotatable bonds is 6. The predicted molar refractivity (Wildman–Crippen MR) is 79.2 cm³/mol. The number of hydrazine groups is 1. The van der Waals surface area contributed by atoms with E-state index in [1.807, 2.05) is 6.92 Å². The third-order valence-electron chi connectivity index (χ3n) is 4.22. The molecule has 0 aliphatic heterocycles. The van der Waals surface area contributed by atoms with Crippen molar-refractivity contribution in [2.75, 3.05) is 10.7 Å². The minimum Gasteiger partial charge on any atom is -0.365 e. The molecule has 5 heteroatoms. The van der Waals surface area contributed by atoms with Crippen molar-refractivity contribution < 1.29 is 0 Å². The highest BCUT2D eigenvalue weighted by molar-refractivity contribution is 5.58. The van der Waals surface area contributed by atoms with E-state index < -0.39 is 0 Å². The Morgan fingerprint density at radius 3 is 2.26 bits per heavy atom. The molecule has 0 saturated heterocycles. The van der Waals surface area contributed by atoms with E-state index in [0.29, 0.717) is 5.92 Å². The van der Waals surface area contributed by atoms with Gasteiger partial charge in [-0.15, -0.1) is 0 Å². The van der Waals surface area contributed by atoms with Gasteiger partial charge in [0, 0.05) is 17.0 Å². The maximum Gasteiger partial charge on any atom is 0.148 e. The van der Waals surface area contributed by atoms with E-state index in [2.05, 4.69) is 36.5 Å². The van der Waals surface area contributed by atoms with E-state index >= 15 is 0 Å². The second kappa shape index (κ2) is 5.33. The van der Waals surface area contributed by atoms with Crippen LogP contribution in [0.5, 0.6) is 0 Å². The van der Waals surface area contributed by atoms with Crippen molar-refractivity contribution in [3.63, 3.8) is 0 Å². The molecule has 0 aromatic carbocycles. The Bertz CT molecular complexity index is 449. The zero-order chi connectivity index (χ0) is 14.0. The summed E-state index contributed by atoms with van der Waals surface area (Å²) in [6.07, 6.45) is 4.48. The van der Waals surface area contributed by atoms with Crippen molar-refractivity contribution in [1.82, 2.24) is 9.97 Å². The van der Waals surface area contributed by atoms with Crippen LogP contribution in [-0.4, -0.2) is 15.5 Å². The van der Waals surface area contributed by atoms with E-state index in [9.17, 15) is 0 Å². The SMILES string of the molecule is CCC(C)(CC)Nc1nc(C2CC2)nc(NN)c1C. The first-order valence-corrected chi connectivity index (χ1v) is 7.16. The zero-order valence-electron chi connectivity index (χ0n) is 12.4. The number of nitrogens with one attached hydrogen (secondary N) is 2. The minimum absolute atomic E-state index is 0.0613. The normalized spacial score (nSPS) is 15.4. The van der Waals surface area contributed by atoms with E-state index in [1.165, 1.54) is 12.8 Å². The highest BCUT2D eigenvalue weighted by atomic mass is 15.3. The van der Waals surface area contributed by atoms with Gasteiger partial charge in [0.05, 0.1) is 0 Å². The van der Waals surface area contributed by atoms with Crippen LogP contribution in [0.15, 0.2) is 0 Å². The van der Waals surface area contributed by atoms with Gasteiger partial charge in [-0.2, -0.15) is 0 Å². The van der Waals surface area contributed by atoms with Crippen LogP contribution in [0.3, 0.4) is 0 Å². The quantitative estimate of drug-likeness (QED) is 0.543. The summed E-state index contributed by atoms with van der Waals surface area (Å²) in [5, 5.41) is 3.57. The summed E-state index contributed by atoms with van der Waals surface area (Å²) in [5.74, 6) is 8.64. The Morgan fingerprint density at radius 2 is 1.79 bits per heavy atom. The second-order valence-electron chi connectivity index (χ2n) is 5.72. The van der Waals surface area contributed by atoms with Crippen molar-refractivity contribution in [2.24, 2.45) is 5.84 Å². The average Bonchev–Trinajstić information content (AvgIpc) is 3.25. The Hall–Kier alpha value is -1.36. The van der Waals surface area contributed by atoms with E-state index in [0.717, 1.165) is 35.9 Å². The van der Waals surface area contributed by atoms with E-state index in [-0.39, 0.29) is 5.54 Å². The maximum absolute atomic E-state index is 5.57. The molecule has 0 atom stereocenters. The molecule has 5 nitrogen and oxygen atoms in total. The summed E-state index contributed by atoms with van der Waals surface area (Å²) < 4.78 is 0. The van der Waals surface area contributed by atoms with Crippen LogP contribution in [0, 0.1) is 6.92 Å². The van der Waals surface area contributed by atoms with Gasteiger partial charge in [-0.25, -0.2) is 15.8 Å². The summed E-state index contributed by atoms with van der Waals surface area (Å²) >= 11 is 0. The van der Waals surface area contributed by atoms with Crippen molar-refractivity contribution in [2.45, 2.75) is 64.8 Å².